The maximum absolute atomic E-state index is 14.0. The number of anilines is 2. The topological polar surface area (TPSA) is 87.2 Å². The fourth-order valence-electron chi connectivity index (χ4n) is 5.39. The lowest BCUT2D eigenvalue weighted by atomic mass is 9.79. The first kappa shape index (κ1) is 22.1. The Kier molecular flexibility index (Phi) is 5.12. The molecule has 6 rings (SSSR count). The molecule has 7 nitrogen and oxygen atoms in total. The Morgan fingerprint density at radius 1 is 1.03 bits per heavy atom. The summed E-state index contributed by atoms with van der Waals surface area (Å²) in [6, 6.07) is 18.0. The van der Waals surface area contributed by atoms with Crippen LogP contribution in [0.25, 0.3) is 11.1 Å². The van der Waals surface area contributed by atoms with Crippen LogP contribution >= 0.6 is 0 Å². The summed E-state index contributed by atoms with van der Waals surface area (Å²) in [5.74, 6) is -0.152. The van der Waals surface area contributed by atoms with Gasteiger partial charge in [0.05, 0.1) is 11.3 Å². The molecule has 3 aromatic rings. The number of rotatable bonds is 3. The average molecular weight is 491 g/mol. The molecule has 0 aromatic heterocycles. The van der Waals surface area contributed by atoms with Gasteiger partial charge in [0.1, 0.15) is 17.3 Å². The zero-order chi connectivity index (χ0) is 24.3. The monoisotopic (exact) mass is 490 g/mol. The van der Waals surface area contributed by atoms with E-state index in [1.54, 1.807) is 35.6 Å². The molecule has 1 atom stereocenters. The fraction of sp³-hybridized carbons (Fsp3) is 0.296. The Morgan fingerprint density at radius 2 is 1.80 bits per heavy atom. The predicted octanol–water partition coefficient (Wildman–Crippen LogP) is 4.89. The minimum atomic E-state index is -3.81. The molecule has 35 heavy (non-hydrogen) atoms. The average Bonchev–Trinajstić information content (AvgIpc) is 2.91. The number of nitrogens with zero attached hydrogens (tertiary/aromatic N) is 2. The van der Waals surface area contributed by atoms with E-state index in [4.69, 9.17) is 4.74 Å². The standard InChI is InChI=1S/C27H26N2O5S/c1-28-24(17-6-5-7-17)15-29(20-8-3-2-4-9-20)23-14-25-22(13-26(23)35(28,32)33)21-12-18(27(30)31)10-11-19(21)16-34-25/h2-4,8-14,17,24H,5-7,15-16H2,1H3,(H,30,31)/t24-/m0/s1. The molecule has 0 saturated heterocycles. The lowest BCUT2D eigenvalue weighted by Gasteiger charge is -2.39. The van der Waals surface area contributed by atoms with E-state index in [0.29, 0.717) is 41.6 Å². The van der Waals surface area contributed by atoms with Crippen molar-refractivity contribution in [2.75, 3.05) is 18.5 Å². The third-order valence-electron chi connectivity index (χ3n) is 7.64. The van der Waals surface area contributed by atoms with Crippen molar-refractivity contribution in [2.45, 2.75) is 36.8 Å². The molecule has 2 aliphatic heterocycles. The third-order valence-corrected chi connectivity index (χ3v) is 9.55. The van der Waals surface area contributed by atoms with Gasteiger partial charge in [0, 0.05) is 37.0 Å². The summed E-state index contributed by atoms with van der Waals surface area (Å²) >= 11 is 0. The Labute approximate surface area is 204 Å². The molecule has 0 spiro atoms. The number of para-hydroxylation sites is 1. The molecular weight excluding hydrogens is 464 g/mol. The van der Waals surface area contributed by atoms with Crippen LogP contribution in [-0.4, -0.2) is 43.4 Å². The molecule has 2 heterocycles. The SMILES string of the molecule is CN1[C@H](C2CCC2)CN(c2ccccc2)c2cc3c(cc2S1(=O)=O)-c1cc(C(=O)O)ccc1CO3. The minimum Gasteiger partial charge on any atom is -0.488 e. The predicted molar refractivity (Wildman–Crippen MR) is 133 cm³/mol. The largest absolute Gasteiger partial charge is 0.488 e. The van der Waals surface area contributed by atoms with Gasteiger partial charge in [-0.05, 0) is 60.2 Å². The van der Waals surface area contributed by atoms with E-state index < -0.39 is 16.0 Å². The van der Waals surface area contributed by atoms with Crippen LogP contribution < -0.4 is 9.64 Å². The Hall–Kier alpha value is -3.36. The molecule has 1 aliphatic carbocycles. The quantitative estimate of drug-likeness (QED) is 0.563. The first-order valence-electron chi connectivity index (χ1n) is 11.8. The second-order valence-corrected chi connectivity index (χ2v) is 11.5. The van der Waals surface area contributed by atoms with Crippen LogP contribution in [0.4, 0.5) is 11.4 Å². The smallest absolute Gasteiger partial charge is 0.335 e. The van der Waals surface area contributed by atoms with E-state index in [-0.39, 0.29) is 16.5 Å². The van der Waals surface area contributed by atoms with Crippen molar-refractivity contribution in [3.05, 3.63) is 71.8 Å². The molecule has 8 heteroatoms. The Morgan fingerprint density at radius 3 is 2.49 bits per heavy atom. The molecular formula is C27H26N2O5S. The van der Waals surface area contributed by atoms with Gasteiger partial charge in [-0.1, -0.05) is 30.7 Å². The van der Waals surface area contributed by atoms with E-state index in [2.05, 4.69) is 4.90 Å². The number of aromatic carboxylic acids is 1. The highest BCUT2D eigenvalue weighted by atomic mass is 32.2. The van der Waals surface area contributed by atoms with Crippen LogP contribution in [0, 0.1) is 5.92 Å². The van der Waals surface area contributed by atoms with Gasteiger partial charge in [0.25, 0.3) is 0 Å². The van der Waals surface area contributed by atoms with E-state index in [9.17, 15) is 18.3 Å². The van der Waals surface area contributed by atoms with Crippen molar-refractivity contribution < 1.29 is 23.1 Å². The second kappa shape index (κ2) is 8.10. The van der Waals surface area contributed by atoms with Crippen LogP contribution in [0.3, 0.4) is 0 Å². The fourth-order valence-corrected chi connectivity index (χ4v) is 7.00. The summed E-state index contributed by atoms with van der Waals surface area (Å²) in [6.07, 6.45) is 3.17. The van der Waals surface area contributed by atoms with Crippen molar-refractivity contribution in [3.8, 4) is 16.9 Å². The number of fused-ring (bicyclic) bond motifs is 4. The molecule has 180 valence electrons. The van der Waals surface area contributed by atoms with Crippen LogP contribution in [0.1, 0.15) is 35.2 Å². The van der Waals surface area contributed by atoms with Gasteiger partial charge < -0.3 is 14.7 Å². The molecule has 3 aliphatic rings. The van der Waals surface area contributed by atoms with E-state index >= 15 is 0 Å². The highest BCUT2D eigenvalue weighted by Crippen LogP contribution is 2.48. The second-order valence-electron chi connectivity index (χ2n) is 9.51. The Balaban J connectivity index is 1.58. The number of ether oxygens (including phenoxy) is 1. The van der Waals surface area contributed by atoms with E-state index in [1.165, 1.54) is 0 Å². The summed E-state index contributed by atoms with van der Waals surface area (Å²) in [5, 5.41) is 9.51. The molecule has 0 unspecified atom stereocenters. The summed E-state index contributed by atoms with van der Waals surface area (Å²) in [5.41, 5.74) is 3.78. The minimum absolute atomic E-state index is 0.148. The van der Waals surface area contributed by atoms with E-state index in [0.717, 1.165) is 30.5 Å². The van der Waals surface area contributed by atoms with Gasteiger partial charge in [-0.15, -0.1) is 0 Å². The van der Waals surface area contributed by atoms with Gasteiger partial charge in [-0.3, -0.25) is 0 Å². The number of benzene rings is 3. The lowest BCUT2D eigenvalue weighted by Crippen LogP contribution is -2.47. The number of carboxylic acids is 1. The molecule has 0 bridgehead atoms. The molecule has 1 fully saturated rings. The van der Waals surface area contributed by atoms with Gasteiger partial charge in [-0.2, -0.15) is 4.31 Å². The van der Waals surface area contributed by atoms with Gasteiger partial charge >= 0.3 is 5.97 Å². The number of hydrogen-bond donors (Lipinski definition) is 1. The van der Waals surface area contributed by atoms with Gasteiger partial charge in [-0.25, -0.2) is 13.2 Å². The van der Waals surface area contributed by atoms with Crippen LogP contribution in [0.15, 0.2) is 65.6 Å². The molecule has 3 aromatic carbocycles. The summed E-state index contributed by atoms with van der Waals surface area (Å²) in [7, 11) is -2.13. The van der Waals surface area contributed by atoms with Crippen molar-refractivity contribution in [3.63, 3.8) is 0 Å². The highest BCUT2D eigenvalue weighted by Gasteiger charge is 2.42. The van der Waals surface area contributed by atoms with Gasteiger partial charge in [0.2, 0.25) is 10.0 Å². The number of sulfonamides is 1. The highest BCUT2D eigenvalue weighted by molar-refractivity contribution is 7.89. The summed E-state index contributed by atoms with van der Waals surface area (Å²) < 4.78 is 35.6. The number of carboxylic acid groups (broad SMARTS) is 1. The molecule has 0 radical (unpaired) electrons. The lowest BCUT2D eigenvalue weighted by molar-refractivity contribution is 0.0697. The maximum atomic E-state index is 14.0. The summed E-state index contributed by atoms with van der Waals surface area (Å²) in [4.78, 5) is 13.9. The third kappa shape index (κ3) is 3.51. The number of likely N-dealkylation sites (N-methyl/N-ethyl adjacent to an activating group) is 1. The van der Waals surface area contributed by atoms with Crippen molar-refractivity contribution in [1.82, 2.24) is 4.31 Å². The number of hydrogen-bond acceptors (Lipinski definition) is 5. The van der Waals surface area contributed by atoms with Gasteiger partial charge in [0.15, 0.2) is 0 Å². The maximum Gasteiger partial charge on any atom is 0.335 e. The van der Waals surface area contributed by atoms with Crippen LogP contribution in [0.2, 0.25) is 0 Å². The van der Waals surface area contributed by atoms with Crippen molar-refractivity contribution in [1.29, 1.82) is 0 Å². The first-order chi connectivity index (χ1) is 16.8. The molecule has 0 amide bonds. The summed E-state index contributed by atoms with van der Waals surface area (Å²) in [6.45, 7) is 0.847. The zero-order valence-electron chi connectivity index (χ0n) is 19.3. The first-order valence-corrected chi connectivity index (χ1v) is 13.3. The van der Waals surface area contributed by atoms with Crippen LogP contribution in [-0.2, 0) is 16.6 Å². The normalized spacial score (nSPS) is 21.1. The van der Waals surface area contributed by atoms with E-state index in [1.807, 2.05) is 36.4 Å². The van der Waals surface area contributed by atoms with Crippen molar-refractivity contribution in [2.24, 2.45) is 5.92 Å². The Bertz CT molecular complexity index is 1430. The zero-order valence-corrected chi connectivity index (χ0v) is 20.2. The molecule has 1 N–H and O–H groups in total. The van der Waals surface area contributed by atoms with Crippen LogP contribution in [0.5, 0.6) is 5.75 Å². The van der Waals surface area contributed by atoms with Crippen molar-refractivity contribution >= 4 is 27.4 Å². The molecule has 1 saturated carbocycles. The number of carbonyl (C=O) groups is 1.